The van der Waals surface area contributed by atoms with Crippen LogP contribution in [-0.4, -0.2) is 21.3 Å². The first-order valence-electron chi connectivity index (χ1n) is 8.14. The number of hydrogen-bond acceptors (Lipinski definition) is 3. The van der Waals surface area contributed by atoms with Crippen molar-refractivity contribution in [3.8, 4) is 0 Å². The Balaban J connectivity index is 2.05. The van der Waals surface area contributed by atoms with E-state index in [2.05, 4.69) is 35.5 Å². The molecule has 20 heavy (non-hydrogen) atoms. The van der Waals surface area contributed by atoms with Crippen molar-refractivity contribution in [2.75, 3.05) is 6.54 Å². The number of nitrogens with zero attached hydrogens (tertiary/aromatic N) is 3. The molecule has 1 saturated carbocycles. The van der Waals surface area contributed by atoms with Gasteiger partial charge in [0.2, 0.25) is 0 Å². The molecule has 4 nitrogen and oxygen atoms in total. The average Bonchev–Trinajstić information content (AvgIpc) is 2.79. The Labute approximate surface area is 123 Å². The van der Waals surface area contributed by atoms with Gasteiger partial charge in [0.25, 0.3) is 0 Å². The fraction of sp³-hybridized carbons (Fsp3) is 0.875. The van der Waals surface area contributed by atoms with E-state index in [1.165, 1.54) is 37.9 Å². The van der Waals surface area contributed by atoms with Gasteiger partial charge in [0.05, 0.1) is 0 Å². The summed E-state index contributed by atoms with van der Waals surface area (Å²) in [4.78, 5) is 0. The monoisotopic (exact) mass is 278 g/mol. The minimum absolute atomic E-state index is 0.298. The minimum Gasteiger partial charge on any atom is -0.330 e. The summed E-state index contributed by atoms with van der Waals surface area (Å²) < 4.78 is 2.41. The van der Waals surface area contributed by atoms with Crippen LogP contribution in [-0.2, 0) is 6.42 Å². The molecule has 1 fully saturated rings. The highest BCUT2D eigenvalue weighted by atomic mass is 15.3. The molecule has 0 aromatic carbocycles. The van der Waals surface area contributed by atoms with Crippen molar-refractivity contribution >= 4 is 0 Å². The van der Waals surface area contributed by atoms with Crippen LogP contribution < -0.4 is 5.73 Å². The molecule has 0 atom stereocenters. The van der Waals surface area contributed by atoms with Crippen molar-refractivity contribution < 1.29 is 0 Å². The summed E-state index contributed by atoms with van der Waals surface area (Å²) in [7, 11) is 0. The SMILES string of the molecule is Cc1nnc(CCC(C)(C)CCN)n1C1CCCCC1. The quantitative estimate of drug-likeness (QED) is 0.867. The van der Waals surface area contributed by atoms with E-state index in [1.807, 2.05) is 0 Å². The van der Waals surface area contributed by atoms with Gasteiger partial charge in [-0.3, -0.25) is 0 Å². The maximum absolute atomic E-state index is 5.70. The minimum atomic E-state index is 0.298. The van der Waals surface area contributed by atoms with Crippen LogP contribution in [0, 0.1) is 12.3 Å². The van der Waals surface area contributed by atoms with Crippen LogP contribution in [0.2, 0.25) is 0 Å². The summed E-state index contributed by atoms with van der Waals surface area (Å²) in [6.45, 7) is 7.46. The van der Waals surface area contributed by atoms with Gasteiger partial charge in [0, 0.05) is 12.5 Å². The summed E-state index contributed by atoms with van der Waals surface area (Å²) >= 11 is 0. The first-order chi connectivity index (χ1) is 9.53. The molecule has 0 aliphatic heterocycles. The van der Waals surface area contributed by atoms with Crippen LogP contribution in [0.5, 0.6) is 0 Å². The zero-order valence-electron chi connectivity index (χ0n) is 13.4. The summed E-state index contributed by atoms with van der Waals surface area (Å²) in [6.07, 6.45) is 9.89. The van der Waals surface area contributed by atoms with Gasteiger partial charge >= 0.3 is 0 Å². The highest BCUT2D eigenvalue weighted by molar-refractivity contribution is 4.99. The molecule has 0 bridgehead atoms. The molecule has 114 valence electrons. The van der Waals surface area contributed by atoms with Crippen molar-refractivity contribution in [3.63, 3.8) is 0 Å². The molecule has 0 saturated heterocycles. The Morgan fingerprint density at radius 2 is 1.85 bits per heavy atom. The molecule has 1 aliphatic carbocycles. The van der Waals surface area contributed by atoms with Crippen LogP contribution in [0.3, 0.4) is 0 Å². The molecule has 1 aromatic heterocycles. The summed E-state index contributed by atoms with van der Waals surface area (Å²) in [6, 6.07) is 0.631. The second-order valence-electron chi connectivity index (χ2n) is 7.03. The number of hydrogen-bond donors (Lipinski definition) is 1. The average molecular weight is 278 g/mol. The van der Waals surface area contributed by atoms with E-state index in [0.29, 0.717) is 11.5 Å². The second-order valence-corrected chi connectivity index (χ2v) is 7.03. The van der Waals surface area contributed by atoms with Crippen LogP contribution in [0.4, 0.5) is 0 Å². The summed E-state index contributed by atoms with van der Waals surface area (Å²) in [5, 5.41) is 8.76. The van der Waals surface area contributed by atoms with E-state index in [1.54, 1.807) is 0 Å². The Kier molecular flexibility index (Phi) is 5.19. The second kappa shape index (κ2) is 6.70. The molecule has 2 N–H and O–H groups in total. The largest absolute Gasteiger partial charge is 0.330 e. The van der Waals surface area contributed by atoms with Crippen LogP contribution in [0.1, 0.15) is 76.5 Å². The fourth-order valence-corrected chi connectivity index (χ4v) is 3.36. The van der Waals surface area contributed by atoms with Crippen molar-refractivity contribution in [3.05, 3.63) is 11.6 Å². The van der Waals surface area contributed by atoms with Gasteiger partial charge in [-0.2, -0.15) is 0 Å². The molecule has 0 unspecified atom stereocenters. The van der Waals surface area contributed by atoms with Crippen LogP contribution in [0.25, 0.3) is 0 Å². The predicted octanol–water partition coefficient (Wildman–Crippen LogP) is 3.40. The Morgan fingerprint density at radius 1 is 1.15 bits per heavy atom. The molecule has 4 heteroatoms. The highest BCUT2D eigenvalue weighted by Crippen LogP contribution is 2.31. The van der Waals surface area contributed by atoms with E-state index in [-0.39, 0.29) is 0 Å². The number of nitrogens with two attached hydrogens (primary N) is 1. The maximum atomic E-state index is 5.70. The van der Waals surface area contributed by atoms with Gasteiger partial charge < -0.3 is 10.3 Å². The Hall–Kier alpha value is -0.900. The van der Waals surface area contributed by atoms with Crippen LogP contribution in [0.15, 0.2) is 0 Å². The third kappa shape index (κ3) is 3.81. The standard InChI is InChI=1S/C16H30N4/c1-13-18-19-15(9-10-16(2,3)11-12-17)20(13)14-7-5-4-6-8-14/h14H,4-12,17H2,1-3H3. The van der Waals surface area contributed by atoms with Gasteiger partial charge in [0.1, 0.15) is 11.6 Å². The summed E-state index contributed by atoms with van der Waals surface area (Å²) in [5.41, 5.74) is 6.00. The molecule has 1 aromatic rings. The fourth-order valence-electron chi connectivity index (χ4n) is 3.36. The first kappa shape index (κ1) is 15.5. The van der Waals surface area contributed by atoms with E-state index < -0.39 is 0 Å². The molecule has 2 rings (SSSR count). The lowest BCUT2D eigenvalue weighted by Gasteiger charge is -2.27. The van der Waals surface area contributed by atoms with E-state index in [4.69, 9.17) is 5.73 Å². The normalized spacial score (nSPS) is 17.6. The number of aryl methyl sites for hydroxylation is 2. The predicted molar refractivity (Wildman–Crippen MR) is 82.7 cm³/mol. The van der Waals surface area contributed by atoms with Gasteiger partial charge in [0.15, 0.2) is 0 Å². The molecular weight excluding hydrogens is 248 g/mol. The molecule has 0 radical (unpaired) electrons. The van der Waals surface area contributed by atoms with Crippen molar-refractivity contribution in [1.29, 1.82) is 0 Å². The lowest BCUT2D eigenvalue weighted by atomic mass is 9.84. The maximum Gasteiger partial charge on any atom is 0.133 e. The molecule has 1 heterocycles. The van der Waals surface area contributed by atoms with Crippen molar-refractivity contribution in [2.45, 2.75) is 78.2 Å². The van der Waals surface area contributed by atoms with Gasteiger partial charge in [-0.25, -0.2) is 0 Å². The molecule has 1 aliphatic rings. The smallest absolute Gasteiger partial charge is 0.133 e. The molecule has 0 spiro atoms. The van der Waals surface area contributed by atoms with Crippen molar-refractivity contribution in [1.82, 2.24) is 14.8 Å². The Morgan fingerprint density at radius 3 is 2.50 bits per heavy atom. The third-order valence-electron chi connectivity index (χ3n) is 4.72. The van der Waals surface area contributed by atoms with E-state index in [0.717, 1.165) is 31.6 Å². The van der Waals surface area contributed by atoms with Gasteiger partial charge in [-0.05, 0) is 44.6 Å². The molecular formula is C16H30N4. The molecule has 0 amide bonds. The number of rotatable bonds is 6. The van der Waals surface area contributed by atoms with Gasteiger partial charge in [-0.1, -0.05) is 33.1 Å². The van der Waals surface area contributed by atoms with E-state index in [9.17, 15) is 0 Å². The lowest BCUT2D eigenvalue weighted by Crippen LogP contribution is -2.21. The number of aromatic nitrogens is 3. The lowest BCUT2D eigenvalue weighted by molar-refractivity contribution is 0.299. The summed E-state index contributed by atoms with van der Waals surface area (Å²) in [5.74, 6) is 2.27. The highest BCUT2D eigenvalue weighted by Gasteiger charge is 2.23. The Bertz CT molecular complexity index is 416. The zero-order chi connectivity index (χ0) is 14.6. The topological polar surface area (TPSA) is 56.7 Å². The van der Waals surface area contributed by atoms with Crippen LogP contribution >= 0.6 is 0 Å². The van der Waals surface area contributed by atoms with E-state index >= 15 is 0 Å². The third-order valence-corrected chi connectivity index (χ3v) is 4.72. The zero-order valence-corrected chi connectivity index (χ0v) is 13.4. The van der Waals surface area contributed by atoms with Crippen molar-refractivity contribution in [2.24, 2.45) is 11.1 Å². The first-order valence-corrected chi connectivity index (χ1v) is 8.14. The van der Waals surface area contributed by atoms with Gasteiger partial charge in [-0.15, -0.1) is 10.2 Å².